The molecule has 0 saturated heterocycles. The summed E-state index contributed by atoms with van der Waals surface area (Å²) in [6.07, 6.45) is 6.89. The number of carboxylic acids is 2. The van der Waals surface area contributed by atoms with Crippen LogP contribution in [0.4, 0.5) is 0 Å². The predicted molar refractivity (Wildman–Crippen MR) is 139 cm³/mol. The first-order chi connectivity index (χ1) is 17.3. The van der Waals surface area contributed by atoms with Crippen molar-refractivity contribution in [2.24, 2.45) is 0 Å². The van der Waals surface area contributed by atoms with Gasteiger partial charge in [0.2, 0.25) is 0 Å². The molecule has 0 spiro atoms. The summed E-state index contributed by atoms with van der Waals surface area (Å²) in [4.78, 5) is 24.1. The Kier molecular flexibility index (Phi) is 13.0. The van der Waals surface area contributed by atoms with Crippen molar-refractivity contribution in [2.75, 3.05) is 0 Å². The summed E-state index contributed by atoms with van der Waals surface area (Å²) >= 11 is 0. The van der Waals surface area contributed by atoms with E-state index < -0.39 is 34.9 Å². The molecule has 0 saturated carbocycles. The maximum atomic E-state index is 13.0. The Bertz CT molecular complexity index is 879. The van der Waals surface area contributed by atoms with Crippen LogP contribution in [0.15, 0.2) is 58.3 Å². The molecule has 0 fully saturated rings. The van der Waals surface area contributed by atoms with Gasteiger partial charge >= 0.3 is 11.9 Å². The van der Waals surface area contributed by atoms with Crippen molar-refractivity contribution in [1.82, 2.24) is 0 Å². The second kappa shape index (κ2) is 16.0. The molecular weight excluding hydrogens is 480 g/mol. The van der Waals surface area contributed by atoms with E-state index in [0.717, 1.165) is 51.4 Å². The monoisotopic (exact) mass is 518 g/mol. The van der Waals surface area contributed by atoms with Crippen molar-refractivity contribution in [2.45, 2.75) is 100 Å². The van der Waals surface area contributed by atoms with Crippen LogP contribution in [0, 0.1) is 0 Å². The van der Waals surface area contributed by atoms with Gasteiger partial charge in [-0.3, -0.25) is 0 Å². The zero-order valence-electron chi connectivity index (χ0n) is 21.2. The maximum Gasteiger partial charge on any atom is 0.344 e. The van der Waals surface area contributed by atoms with Crippen LogP contribution in [0.1, 0.15) is 78.1 Å². The molecule has 2 rings (SSSR count). The number of carboxylic acid groups (broad SMARTS) is 2. The summed E-state index contributed by atoms with van der Waals surface area (Å²) in [5.41, 5.74) is 0. The molecule has 0 amide bonds. The number of carbonyl (C=O) groups is 2. The highest BCUT2D eigenvalue weighted by Gasteiger charge is 2.20. The van der Waals surface area contributed by atoms with Gasteiger partial charge < -0.3 is 19.7 Å². The molecule has 2 aromatic rings. The number of hydrogen-bond donors (Lipinski definition) is 2. The van der Waals surface area contributed by atoms with Crippen LogP contribution in [-0.2, 0) is 20.4 Å². The number of benzene rings is 2. The molecule has 2 aromatic carbocycles. The highest BCUT2D eigenvalue weighted by atomic mass is 32.2. The van der Waals surface area contributed by atoms with E-state index in [-0.39, 0.29) is 0 Å². The molecule has 198 valence electrons. The van der Waals surface area contributed by atoms with Gasteiger partial charge in [0.25, 0.3) is 0 Å². The van der Waals surface area contributed by atoms with E-state index in [0.29, 0.717) is 34.1 Å². The Balaban J connectivity index is 1.96. The van der Waals surface area contributed by atoms with Crippen LogP contribution in [-0.4, -0.2) is 38.6 Å². The summed E-state index contributed by atoms with van der Waals surface area (Å²) in [6.45, 7) is 4.20. The second-order valence-electron chi connectivity index (χ2n) is 8.80. The molecule has 0 bridgehead atoms. The standard InChI is InChI=1S/C28H38O7S/c1-3-5-7-9-11-25(27(29)30)34-21-13-17-23(18-14-21)36(33)24-19-15-22(16-20-24)35-26(28(31)32)12-10-8-6-4-2/h13-20,25-26H,3-12H2,1-2H3,(H,29,30)(H,31,32). The molecule has 0 aromatic heterocycles. The van der Waals surface area contributed by atoms with Gasteiger partial charge in [0, 0.05) is 9.79 Å². The highest BCUT2D eigenvalue weighted by molar-refractivity contribution is 7.85. The molecule has 2 N–H and O–H groups in total. The largest absolute Gasteiger partial charge is 0.479 e. The number of unbranched alkanes of at least 4 members (excludes halogenated alkanes) is 6. The minimum atomic E-state index is -1.46. The van der Waals surface area contributed by atoms with E-state index in [2.05, 4.69) is 13.8 Å². The quantitative estimate of drug-likeness (QED) is 0.218. The highest BCUT2D eigenvalue weighted by Crippen LogP contribution is 2.24. The average molecular weight is 519 g/mol. The molecule has 8 heteroatoms. The zero-order chi connectivity index (χ0) is 26.3. The van der Waals surface area contributed by atoms with E-state index in [1.165, 1.54) is 0 Å². The summed E-state index contributed by atoms with van der Waals surface area (Å²) < 4.78 is 24.3. The molecule has 0 radical (unpaired) electrons. The van der Waals surface area contributed by atoms with Crippen molar-refractivity contribution < 1.29 is 33.5 Å². The van der Waals surface area contributed by atoms with Crippen LogP contribution in [0.3, 0.4) is 0 Å². The van der Waals surface area contributed by atoms with E-state index in [1.807, 2.05) is 0 Å². The maximum absolute atomic E-state index is 13.0. The van der Waals surface area contributed by atoms with E-state index in [4.69, 9.17) is 9.47 Å². The third-order valence-electron chi connectivity index (χ3n) is 5.82. The van der Waals surface area contributed by atoms with E-state index in [1.54, 1.807) is 48.5 Å². The van der Waals surface area contributed by atoms with Gasteiger partial charge in [0.1, 0.15) is 11.5 Å². The molecule has 0 aliphatic heterocycles. The lowest BCUT2D eigenvalue weighted by atomic mass is 10.1. The fraction of sp³-hybridized carbons (Fsp3) is 0.500. The Labute approximate surface area is 216 Å². The first kappa shape index (κ1) is 29.4. The summed E-state index contributed by atoms with van der Waals surface area (Å²) in [5.74, 6) is -1.15. The molecule has 36 heavy (non-hydrogen) atoms. The van der Waals surface area contributed by atoms with Gasteiger partial charge in [0.05, 0.1) is 10.8 Å². The molecular formula is C28H38O7S. The smallest absolute Gasteiger partial charge is 0.344 e. The number of hydrogen-bond acceptors (Lipinski definition) is 5. The van der Waals surface area contributed by atoms with Crippen LogP contribution in [0.5, 0.6) is 11.5 Å². The normalized spacial score (nSPS) is 13.5. The molecule has 2 unspecified atom stereocenters. The number of rotatable bonds is 18. The lowest BCUT2D eigenvalue weighted by Crippen LogP contribution is -2.26. The first-order valence-electron chi connectivity index (χ1n) is 12.8. The van der Waals surface area contributed by atoms with Crippen molar-refractivity contribution in [3.63, 3.8) is 0 Å². The molecule has 7 nitrogen and oxygen atoms in total. The van der Waals surface area contributed by atoms with Gasteiger partial charge in [-0.25, -0.2) is 13.8 Å². The van der Waals surface area contributed by atoms with Crippen molar-refractivity contribution in [3.8, 4) is 11.5 Å². The van der Waals surface area contributed by atoms with Crippen molar-refractivity contribution >= 4 is 22.7 Å². The molecule has 0 heterocycles. The van der Waals surface area contributed by atoms with Crippen LogP contribution in [0.2, 0.25) is 0 Å². The average Bonchev–Trinajstić information content (AvgIpc) is 2.87. The minimum absolute atomic E-state index is 0.418. The Hall–Kier alpha value is -2.87. The Morgan fingerprint density at radius 3 is 1.33 bits per heavy atom. The fourth-order valence-corrected chi connectivity index (χ4v) is 4.77. The second-order valence-corrected chi connectivity index (χ2v) is 10.3. The Morgan fingerprint density at radius 1 is 0.667 bits per heavy atom. The minimum Gasteiger partial charge on any atom is -0.479 e. The molecule has 0 aliphatic carbocycles. The lowest BCUT2D eigenvalue weighted by Gasteiger charge is -2.16. The topological polar surface area (TPSA) is 110 Å². The Morgan fingerprint density at radius 2 is 1.03 bits per heavy atom. The van der Waals surface area contributed by atoms with E-state index in [9.17, 15) is 24.0 Å². The summed E-state index contributed by atoms with van der Waals surface area (Å²) in [6, 6.07) is 13.1. The number of aliphatic carboxylic acids is 2. The van der Waals surface area contributed by atoms with E-state index >= 15 is 0 Å². The number of ether oxygens (including phenoxy) is 2. The fourth-order valence-electron chi connectivity index (χ4n) is 3.73. The zero-order valence-corrected chi connectivity index (χ0v) is 22.0. The van der Waals surface area contributed by atoms with Crippen LogP contribution >= 0.6 is 0 Å². The molecule has 0 aliphatic rings. The predicted octanol–water partition coefficient (Wildman–Crippen LogP) is 6.46. The van der Waals surface area contributed by atoms with Gasteiger partial charge in [-0.05, 0) is 74.2 Å². The van der Waals surface area contributed by atoms with Gasteiger partial charge in [0.15, 0.2) is 12.2 Å². The lowest BCUT2D eigenvalue weighted by molar-refractivity contribution is -0.146. The van der Waals surface area contributed by atoms with Gasteiger partial charge in [-0.1, -0.05) is 52.4 Å². The van der Waals surface area contributed by atoms with Crippen molar-refractivity contribution in [3.05, 3.63) is 48.5 Å². The third-order valence-corrected chi connectivity index (χ3v) is 7.22. The van der Waals surface area contributed by atoms with Crippen molar-refractivity contribution in [1.29, 1.82) is 0 Å². The van der Waals surface area contributed by atoms with Gasteiger partial charge in [-0.2, -0.15) is 0 Å². The first-order valence-corrected chi connectivity index (χ1v) is 13.9. The van der Waals surface area contributed by atoms with Crippen LogP contribution in [0.25, 0.3) is 0 Å². The summed E-state index contributed by atoms with van der Waals surface area (Å²) in [7, 11) is -1.46. The third kappa shape index (κ3) is 10.0. The molecule has 2 atom stereocenters. The SMILES string of the molecule is CCCCCCC(Oc1ccc(S(=O)c2ccc(OC(CCCCCC)C(=O)O)cc2)cc1)C(=O)O. The van der Waals surface area contributed by atoms with Crippen LogP contribution < -0.4 is 9.47 Å². The summed E-state index contributed by atoms with van der Waals surface area (Å²) in [5, 5.41) is 18.9. The van der Waals surface area contributed by atoms with Gasteiger partial charge in [-0.15, -0.1) is 0 Å².